The summed E-state index contributed by atoms with van der Waals surface area (Å²) in [5.41, 5.74) is 0.753. The zero-order valence-corrected chi connectivity index (χ0v) is 10.2. The lowest BCUT2D eigenvalue weighted by Gasteiger charge is -2.04. The van der Waals surface area contributed by atoms with Gasteiger partial charge in [0.2, 0.25) is 0 Å². The number of carbonyl (C=O) groups is 1. The number of carboxylic acid groups (broad SMARTS) is 1. The van der Waals surface area contributed by atoms with Crippen LogP contribution in [-0.4, -0.2) is 21.0 Å². The van der Waals surface area contributed by atoms with Crippen molar-refractivity contribution in [3.8, 4) is 0 Å². The lowest BCUT2D eigenvalue weighted by molar-refractivity contribution is 0.0684. The molecule has 0 bridgehead atoms. The van der Waals surface area contributed by atoms with Crippen molar-refractivity contribution < 1.29 is 14.3 Å². The van der Waals surface area contributed by atoms with Gasteiger partial charge in [-0.2, -0.15) is 0 Å². The van der Waals surface area contributed by atoms with Crippen molar-refractivity contribution in [3.63, 3.8) is 0 Å². The highest BCUT2D eigenvalue weighted by atomic mass is 19.1. The number of nitrogens with zero attached hydrogens (tertiary/aromatic N) is 2. The smallest absolute Gasteiger partial charge is 0.357 e. The van der Waals surface area contributed by atoms with E-state index in [1.54, 1.807) is 0 Å². The number of aryl methyl sites for hydroxylation is 2. The van der Waals surface area contributed by atoms with E-state index in [4.69, 9.17) is 5.11 Å². The normalized spacial score (nSPS) is 10.4. The maximum atomic E-state index is 13.7. The van der Waals surface area contributed by atoms with Crippen LogP contribution in [0.4, 0.5) is 4.39 Å². The van der Waals surface area contributed by atoms with E-state index in [1.807, 2.05) is 30.3 Å². The van der Waals surface area contributed by atoms with E-state index in [1.165, 1.54) is 0 Å². The standard InChI is InChI=1S/C14H13FN2O2/c15-12-11(16-9-17-13(12)14(18)19)8-4-7-10-5-2-1-3-6-10/h1-3,5-6,9H,4,7-8H2,(H,18,19). The van der Waals surface area contributed by atoms with Crippen LogP contribution < -0.4 is 0 Å². The van der Waals surface area contributed by atoms with Gasteiger partial charge in [0.15, 0.2) is 11.5 Å². The van der Waals surface area contributed by atoms with E-state index in [0.29, 0.717) is 12.8 Å². The molecule has 1 heterocycles. The SMILES string of the molecule is O=C(O)c1ncnc(CCCc2ccccc2)c1F. The molecular formula is C14H13FN2O2. The molecule has 0 atom stereocenters. The van der Waals surface area contributed by atoms with Crippen LogP contribution in [0.5, 0.6) is 0 Å². The minimum Gasteiger partial charge on any atom is -0.476 e. The van der Waals surface area contributed by atoms with Gasteiger partial charge in [0, 0.05) is 0 Å². The van der Waals surface area contributed by atoms with Gasteiger partial charge in [0.1, 0.15) is 6.33 Å². The second kappa shape index (κ2) is 6.04. The molecule has 0 spiro atoms. The molecule has 2 aromatic rings. The number of benzene rings is 1. The van der Waals surface area contributed by atoms with Crippen LogP contribution in [0.1, 0.15) is 28.2 Å². The van der Waals surface area contributed by atoms with Gasteiger partial charge in [-0.05, 0) is 24.8 Å². The molecule has 0 saturated carbocycles. The minimum atomic E-state index is -1.37. The average molecular weight is 260 g/mol. The molecule has 0 aliphatic heterocycles. The summed E-state index contributed by atoms with van der Waals surface area (Å²) in [6.45, 7) is 0. The summed E-state index contributed by atoms with van der Waals surface area (Å²) < 4.78 is 13.7. The van der Waals surface area contributed by atoms with E-state index in [0.717, 1.165) is 18.3 Å². The molecule has 1 aromatic heterocycles. The fourth-order valence-electron chi connectivity index (χ4n) is 1.83. The highest BCUT2D eigenvalue weighted by Crippen LogP contribution is 2.12. The summed E-state index contributed by atoms with van der Waals surface area (Å²) in [6, 6.07) is 9.83. The quantitative estimate of drug-likeness (QED) is 0.897. The second-order valence-electron chi connectivity index (χ2n) is 4.13. The Morgan fingerprint density at radius 3 is 2.58 bits per heavy atom. The van der Waals surface area contributed by atoms with Gasteiger partial charge in [-0.25, -0.2) is 19.2 Å². The second-order valence-corrected chi connectivity index (χ2v) is 4.13. The molecule has 0 aliphatic carbocycles. The van der Waals surface area contributed by atoms with Crippen molar-refractivity contribution >= 4 is 5.97 Å². The molecule has 98 valence electrons. The third-order valence-corrected chi connectivity index (χ3v) is 2.79. The third kappa shape index (κ3) is 3.34. The molecule has 19 heavy (non-hydrogen) atoms. The van der Waals surface area contributed by atoms with Gasteiger partial charge in [-0.1, -0.05) is 30.3 Å². The molecule has 2 rings (SSSR count). The van der Waals surface area contributed by atoms with Crippen LogP contribution in [0.15, 0.2) is 36.7 Å². The molecule has 0 fully saturated rings. The van der Waals surface area contributed by atoms with Crippen molar-refractivity contribution in [1.29, 1.82) is 0 Å². The fraction of sp³-hybridized carbons (Fsp3) is 0.214. The monoisotopic (exact) mass is 260 g/mol. The van der Waals surface area contributed by atoms with Gasteiger partial charge < -0.3 is 5.11 Å². The number of hydrogen-bond acceptors (Lipinski definition) is 3. The average Bonchev–Trinajstić information content (AvgIpc) is 2.41. The lowest BCUT2D eigenvalue weighted by Crippen LogP contribution is -2.09. The molecular weight excluding hydrogens is 247 g/mol. The predicted octanol–water partition coefficient (Wildman–Crippen LogP) is 2.49. The first-order valence-corrected chi connectivity index (χ1v) is 5.95. The van der Waals surface area contributed by atoms with Crippen molar-refractivity contribution in [3.05, 3.63) is 59.4 Å². The highest BCUT2D eigenvalue weighted by molar-refractivity contribution is 5.85. The van der Waals surface area contributed by atoms with Crippen LogP contribution in [0.2, 0.25) is 0 Å². The van der Waals surface area contributed by atoms with E-state index < -0.39 is 17.5 Å². The Hall–Kier alpha value is -2.30. The van der Waals surface area contributed by atoms with Crippen molar-refractivity contribution in [2.45, 2.75) is 19.3 Å². The molecule has 0 aliphatic rings. The Bertz CT molecular complexity index is 573. The Morgan fingerprint density at radius 1 is 1.16 bits per heavy atom. The zero-order valence-electron chi connectivity index (χ0n) is 10.2. The summed E-state index contributed by atoms with van der Waals surface area (Å²) in [5.74, 6) is -2.20. The predicted molar refractivity (Wildman–Crippen MR) is 67.4 cm³/mol. The molecule has 0 saturated heterocycles. The van der Waals surface area contributed by atoms with Gasteiger partial charge in [0.25, 0.3) is 0 Å². The van der Waals surface area contributed by atoms with Crippen molar-refractivity contribution in [2.24, 2.45) is 0 Å². The number of aromatic carboxylic acids is 1. The molecule has 0 radical (unpaired) electrons. The summed E-state index contributed by atoms with van der Waals surface area (Å²) in [7, 11) is 0. The third-order valence-electron chi connectivity index (χ3n) is 2.79. The van der Waals surface area contributed by atoms with Crippen LogP contribution in [-0.2, 0) is 12.8 Å². The molecule has 4 nitrogen and oxygen atoms in total. The first-order valence-electron chi connectivity index (χ1n) is 5.95. The van der Waals surface area contributed by atoms with E-state index in [2.05, 4.69) is 9.97 Å². The Labute approximate surface area is 110 Å². The Kier molecular flexibility index (Phi) is 4.18. The van der Waals surface area contributed by atoms with Crippen LogP contribution in [0.3, 0.4) is 0 Å². The molecule has 5 heteroatoms. The summed E-state index contributed by atoms with van der Waals surface area (Å²) in [6.07, 6.45) is 2.98. The summed E-state index contributed by atoms with van der Waals surface area (Å²) in [4.78, 5) is 18.0. The summed E-state index contributed by atoms with van der Waals surface area (Å²) >= 11 is 0. The first kappa shape index (κ1) is 13.1. The number of hydrogen-bond donors (Lipinski definition) is 1. The number of carboxylic acids is 1. The topological polar surface area (TPSA) is 63.1 Å². The fourth-order valence-corrected chi connectivity index (χ4v) is 1.83. The number of halogens is 1. The summed E-state index contributed by atoms with van der Waals surface area (Å²) in [5, 5.41) is 8.76. The molecule has 1 aromatic carbocycles. The maximum Gasteiger partial charge on any atom is 0.357 e. The van der Waals surface area contributed by atoms with Crippen molar-refractivity contribution in [1.82, 2.24) is 9.97 Å². The number of aromatic nitrogens is 2. The van der Waals surface area contributed by atoms with Crippen molar-refractivity contribution in [2.75, 3.05) is 0 Å². The molecule has 0 amide bonds. The van der Waals surface area contributed by atoms with E-state index in [9.17, 15) is 9.18 Å². The highest BCUT2D eigenvalue weighted by Gasteiger charge is 2.16. The largest absolute Gasteiger partial charge is 0.476 e. The van der Waals surface area contributed by atoms with Crippen LogP contribution >= 0.6 is 0 Å². The van der Waals surface area contributed by atoms with Gasteiger partial charge in [0.05, 0.1) is 5.69 Å². The molecule has 1 N–H and O–H groups in total. The van der Waals surface area contributed by atoms with Gasteiger partial charge >= 0.3 is 5.97 Å². The lowest BCUT2D eigenvalue weighted by atomic mass is 10.1. The van der Waals surface area contributed by atoms with Crippen LogP contribution in [0.25, 0.3) is 0 Å². The van der Waals surface area contributed by atoms with Gasteiger partial charge in [-0.15, -0.1) is 0 Å². The number of rotatable bonds is 5. The van der Waals surface area contributed by atoms with E-state index in [-0.39, 0.29) is 5.69 Å². The Morgan fingerprint density at radius 2 is 1.89 bits per heavy atom. The maximum absolute atomic E-state index is 13.7. The molecule has 0 unspecified atom stereocenters. The minimum absolute atomic E-state index is 0.156. The first-order chi connectivity index (χ1) is 9.18. The van der Waals surface area contributed by atoms with Crippen LogP contribution in [0, 0.1) is 5.82 Å². The van der Waals surface area contributed by atoms with Gasteiger partial charge in [-0.3, -0.25) is 0 Å². The zero-order chi connectivity index (χ0) is 13.7. The van der Waals surface area contributed by atoms with E-state index >= 15 is 0 Å². The Balaban J connectivity index is 2.00.